The van der Waals surface area contributed by atoms with E-state index in [1.165, 1.54) is 12.1 Å². The second-order valence-corrected chi connectivity index (χ2v) is 5.17. The fourth-order valence-electron chi connectivity index (χ4n) is 1.95. The number of nitrogens with two attached hydrogens (primary N) is 1. The van der Waals surface area contributed by atoms with Gasteiger partial charge in [-0.25, -0.2) is 0 Å². The third-order valence-electron chi connectivity index (χ3n) is 2.77. The predicted molar refractivity (Wildman–Crippen MR) is 69.6 cm³/mol. The van der Waals surface area contributed by atoms with Gasteiger partial charge in [-0.1, -0.05) is 19.9 Å². The molecule has 0 amide bonds. The lowest BCUT2D eigenvalue weighted by Gasteiger charge is -2.18. The summed E-state index contributed by atoms with van der Waals surface area (Å²) >= 11 is 0. The van der Waals surface area contributed by atoms with Gasteiger partial charge in [0.1, 0.15) is 0 Å². The first-order valence-corrected chi connectivity index (χ1v) is 6.27. The Kier molecular flexibility index (Phi) is 5.23. The topological polar surface area (TPSA) is 35.2 Å². The van der Waals surface area contributed by atoms with E-state index in [9.17, 15) is 13.2 Å². The molecular weight excluding hydrogens is 255 g/mol. The fraction of sp³-hybridized carbons (Fsp3) is 0.571. The summed E-state index contributed by atoms with van der Waals surface area (Å²) in [6, 6.07) is 3.78. The van der Waals surface area contributed by atoms with E-state index < -0.39 is 11.7 Å². The zero-order chi connectivity index (χ0) is 14.6. The highest BCUT2D eigenvalue weighted by atomic mass is 19.4. The van der Waals surface area contributed by atoms with Crippen LogP contribution in [0.15, 0.2) is 18.2 Å². The summed E-state index contributed by atoms with van der Waals surface area (Å²) in [6.07, 6.45) is -3.66. The van der Waals surface area contributed by atoms with E-state index in [1.807, 2.05) is 20.8 Å². The summed E-state index contributed by atoms with van der Waals surface area (Å²) in [5.74, 6) is 0.448. The van der Waals surface area contributed by atoms with E-state index in [1.54, 1.807) is 0 Å². The number of benzene rings is 1. The molecule has 0 aliphatic carbocycles. The summed E-state index contributed by atoms with van der Waals surface area (Å²) < 4.78 is 44.0. The van der Waals surface area contributed by atoms with Crippen molar-refractivity contribution in [3.8, 4) is 0 Å². The van der Waals surface area contributed by atoms with Crippen LogP contribution in [0.3, 0.4) is 0 Å². The molecule has 0 radical (unpaired) electrons. The minimum atomic E-state index is -4.41. The molecule has 0 aromatic heterocycles. The molecule has 19 heavy (non-hydrogen) atoms. The molecule has 1 aromatic rings. The van der Waals surface area contributed by atoms with E-state index in [0.29, 0.717) is 5.92 Å². The Morgan fingerprint density at radius 3 is 2.37 bits per heavy atom. The maximum Gasteiger partial charge on any atom is 0.416 e. The van der Waals surface area contributed by atoms with Gasteiger partial charge < -0.3 is 10.5 Å². The monoisotopic (exact) mass is 275 g/mol. The average Bonchev–Trinajstić information content (AvgIpc) is 2.25. The molecule has 1 aromatic carbocycles. The fourth-order valence-corrected chi connectivity index (χ4v) is 1.95. The van der Waals surface area contributed by atoms with Gasteiger partial charge in [0.15, 0.2) is 0 Å². The maximum atomic E-state index is 12.9. The summed E-state index contributed by atoms with van der Waals surface area (Å²) in [5.41, 5.74) is 4.91. The third-order valence-corrected chi connectivity index (χ3v) is 2.77. The molecule has 0 heterocycles. The third kappa shape index (κ3) is 5.11. The van der Waals surface area contributed by atoms with E-state index in [-0.39, 0.29) is 24.0 Å². The molecule has 2 N–H and O–H groups in total. The molecule has 108 valence electrons. The maximum absolute atomic E-state index is 12.9. The zero-order valence-corrected chi connectivity index (χ0v) is 11.4. The van der Waals surface area contributed by atoms with Gasteiger partial charge in [0.25, 0.3) is 0 Å². The number of halogens is 3. The Morgan fingerprint density at radius 1 is 1.21 bits per heavy atom. The van der Waals surface area contributed by atoms with Crippen molar-refractivity contribution >= 4 is 5.69 Å². The molecule has 5 heteroatoms. The number of rotatable bonds is 5. The van der Waals surface area contributed by atoms with Crippen LogP contribution in [0, 0.1) is 5.92 Å². The quantitative estimate of drug-likeness (QED) is 0.816. The Bertz CT molecular complexity index is 416. The highest BCUT2D eigenvalue weighted by molar-refractivity contribution is 5.45. The number of hydrogen-bond acceptors (Lipinski definition) is 2. The second-order valence-electron chi connectivity index (χ2n) is 5.17. The molecule has 1 unspecified atom stereocenters. The summed E-state index contributed by atoms with van der Waals surface area (Å²) in [5, 5.41) is 0. The van der Waals surface area contributed by atoms with E-state index >= 15 is 0 Å². The molecule has 1 atom stereocenters. The number of hydrogen-bond donors (Lipinski definition) is 1. The van der Waals surface area contributed by atoms with Crippen LogP contribution in [-0.2, 0) is 17.5 Å². The molecule has 2 nitrogen and oxygen atoms in total. The van der Waals surface area contributed by atoms with Crippen LogP contribution in [0.1, 0.15) is 38.3 Å². The van der Waals surface area contributed by atoms with Crippen molar-refractivity contribution in [3.63, 3.8) is 0 Å². The van der Waals surface area contributed by atoms with E-state index in [2.05, 4.69) is 0 Å². The van der Waals surface area contributed by atoms with Gasteiger partial charge in [0.05, 0.1) is 18.3 Å². The Balaban J connectivity index is 2.78. The van der Waals surface area contributed by atoms with Crippen molar-refractivity contribution < 1.29 is 17.9 Å². The van der Waals surface area contributed by atoms with Gasteiger partial charge in [0, 0.05) is 5.69 Å². The Labute approximate surface area is 111 Å². The van der Waals surface area contributed by atoms with Crippen LogP contribution < -0.4 is 5.73 Å². The first kappa shape index (κ1) is 15.8. The number of alkyl halides is 3. The van der Waals surface area contributed by atoms with Crippen molar-refractivity contribution in [2.24, 2.45) is 5.92 Å². The smallest absolute Gasteiger partial charge is 0.399 e. The normalized spacial score (nSPS) is 13.8. The van der Waals surface area contributed by atoms with E-state index in [0.717, 1.165) is 12.5 Å². The molecule has 0 aliphatic rings. The Hall–Kier alpha value is -1.23. The first-order valence-electron chi connectivity index (χ1n) is 6.27. The first-order chi connectivity index (χ1) is 8.70. The average molecular weight is 275 g/mol. The number of nitrogen functional groups attached to an aromatic ring is 1. The minimum absolute atomic E-state index is 0.0526. The molecule has 0 bridgehead atoms. The number of ether oxygens (including phenoxy) is 1. The van der Waals surface area contributed by atoms with Crippen LogP contribution in [0.4, 0.5) is 18.9 Å². The minimum Gasteiger partial charge on any atom is -0.399 e. The second kappa shape index (κ2) is 6.28. The largest absolute Gasteiger partial charge is 0.416 e. The van der Waals surface area contributed by atoms with Gasteiger partial charge in [-0.05, 0) is 37.0 Å². The SMILES string of the molecule is CC(C)CC(C)OCc1ccc(N)cc1C(F)(F)F. The van der Waals surface area contributed by atoms with Crippen LogP contribution in [0.2, 0.25) is 0 Å². The van der Waals surface area contributed by atoms with Crippen LogP contribution in [0.5, 0.6) is 0 Å². The van der Waals surface area contributed by atoms with Crippen LogP contribution in [-0.4, -0.2) is 6.10 Å². The van der Waals surface area contributed by atoms with Crippen LogP contribution in [0.25, 0.3) is 0 Å². The lowest BCUT2D eigenvalue weighted by atomic mass is 10.1. The molecule has 0 saturated heterocycles. The molecule has 0 saturated carbocycles. The number of anilines is 1. The van der Waals surface area contributed by atoms with Gasteiger partial charge in [-0.3, -0.25) is 0 Å². The van der Waals surface area contributed by atoms with Crippen molar-refractivity contribution in [2.45, 2.75) is 46.1 Å². The van der Waals surface area contributed by atoms with Gasteiger partial charge >= 0.3 is 6.18 Å². The lowest BCUT2D eigenvalue weighted by Crippen LogP contribution is -2.15. The molecule has 0 aliphatic heterocycles. The molecule has 1 rings (SSSR count). The van der Waals surface area contributed by atoms with Crippen molar-refractivity contribution in [2.75, 3.05) is 5.73 Å². The van der Waals surface area contributed by atoms with Crippen molar-refractivity contribution in [1.82, 2.24) is 0 Å². The summed E-state index contributed by atoms with van der Waals surface area (Å²) in [4.78, 5) is 0. The standard InChI is InChI=1S/C14H20F3NO/c1-9(2)6-10(3)19-8-11-4-5-12(18)7-13(11)14(15,16)17/h4-5,7,9-10H,6,8,18H2,1-3H3. The van der Waals surface area contributed by atoms with Crippen molar-refractivity contribution in [3.05, 3.63) is 29.3 Å². The van der Waals surface area contributed by atoms with Gasteiger partial charge in [-0.2, -0.15) is 13.2 Å². The van der Waals surface area contributed by atoms with Crippen LogP contribution >= 0.6 is 0 Å². The van der Waals surface area contributed by atoms with Gasteiger partial charge in [-0.15, -0.1) is 0 Å². The highest BCUT2D eigenvalue weighted by Crippen LogP contribution is 2.33. The van der Waals surface area contributed by atoms with E-state index in [4.69, 9.17) is 10.5 Å². The summed E-state index contributed by atoms with van der Waals surface area (Å²) in [6.45, 7) is 5.90. The predicted octanol–water partition coefficient (Wildman–Crippen LogP) is 4.24. The highest BCUT2D eigenvalue weighted by Gasteiger charge is 2.33. The molecule has 0 spiro atoms. The molecule has 0 fully saturated rings. The van der Waals surface area contributed by atoms with Gasteiger partial charge in [0.2, 0.25) is 0 Å². The summed E-state index contributed by atoms with van der Waals surface area (Å²) in [7, 11) is 0. The lowest BCUT2D eigenvalue weighted by molar-refractivity contribution is -0.139. The Morgan fingerprint density at radius 2 is 1.84 bits per heavy atom. The zero-order valence-electron chi connectivity index (χ0n) is 11.4. The molecular formula is C14H20F3NO. The van der Waals surface area contributed by atoms with Crippen molar-refractivity contribution in [1.29, 1.82) is 0 Å².